The van der Waals surface area contributed by atoms with Gasteiger partial charge in [-0.2, -0.15) is 0 Å². The first kappa shape index (κ1) is 19.9. The Morgan fingerprint density at radius 2 is 2.07 bits per heavy atom. The molecule has 1 N–H and O–H groups in total. The number of esters is 1. The largest absolute Gasteiger partial charge is 0.468 e. The molecule has 0 aliphatic carbocycles. The number of hydrogen-bond acceptors (Lipinski definition) is 7. The van der Waals surface area contributed by atoms with Crippen molar-refractivity contribution in [3.8, 4) is 0 Å². The number of hydrogen-bond donors (Lipinski definition) is 1. The summed E-state index contributed by atoms with van der Waals surface area (Å²) in [4.78, 5) is 44.3. The van der Waals surface area contributed by atoms with Crippen LogP contribution in [-0.2, 0) is 14.3 Å². The summed E-state index contributed by atoms with van der Waals surface area (Å²) in [5.74, 6) is -1.01. The molecule has 0 bridgehead atoms. The third kappa shape index (κ3) is 3.13. The van der Waals surface area contributed by atoms with Crippen LogP contribution >= 0.6 is 11.6 Å². The number of imide groups is 1. The molecule has 9 nitrogen and oxygen atoms in total. The molecule has 156 valence electrons. The van der Waals surface area contributed by atoms with E-state index in [1.165, 1.54) is 12.0 Å². The zero-order valence-corrected chi connectivity index (χ0v) is 17.3. The second-order valence-corrected chi connectivity index (χ2v) is 7.90. The number of halogens is 1. The minimum Gasteiger partial charge on any atom is -0.468 e. The summed E-state index contributed by atoms with van der Waals surface area (Å²) in [6.07, 6.45) is 0.122. The number of methoxy groups -OCH3 is 1. The Morgan fingerprint density at radius 1 is 1.31 bits per heavy atom. The van der Waals surface area contributed by atoms with Gasteiger partial charge in [0, 0.05) is 30.8 Å². The third-order valence-electron chi connectivity index (χ3n) is 5.93. The highest BCUT2D eigenvalue weighted by molar-refractivity contribution is 6.31. The molecule has 3 amide bonds. The minimum atomic E-state index is -0.629. The molecule has 3 aliphatic rings. The van der Waals surface area contributed by atoms with Gasteiger partial charge in [0.1, 0.15) is 25.0 Å². The average Bonchev–Trinajstić information content (AvgIpc) is 3.11. The molecular weight excluding hydrogens is 398 g/mol. The molecule has 29 heavy (non-hydrogen) atoms. The Labute approximate surface area is 174 Å². The van der Waals surface area contributed by atoms with E-state index >= 15 is 0 Å². The van der Waals surface area contributed by atoms with Crippen LogP contribution in [0.1, 0.15) is 12.0 Å². The van der Waals surface area contributed by atoms with Crippen molar-refractivity contribution in [3.63, 3.8) is 0 Å². The monoisotopic (exact) mass is 421 g/mol. The zero-order valence-electron chi connectivity index (χ0n) is 16.6. The van der Waals surface area contributed by atoms with Gasteiger partial charge in [-0.25, -0.2) is 4.79 Å². The number of rotatable bonds is 3. The van der Waals surface area contributed by atoms with Crippen molar-refractivity contribution < 1.29 is 19.1 Å². The van der Waals surface area contributed by atoms with Crippen molar-refractivity contribution >= 4 is 35.2 Å². The zero-order chi connectivity index (χ0) is 20.9. The molecule has 3 atom stereocenters. The molecule has 0 spiro atoms. The molecule has 3 aliphatic heterocycles. The van der Waals surface area contributed by atoms with Gasteiger partial charge >= 0.3 is 12.0 Å². The van der Waals surface area contributed by atoms with E-state index in [4.69, 9.17) is 11.6 Å². The lowest BCUT2D eigenvalue weighted by atomic mass is 10.1. The number of likely N-dealkylation sites (N-methyl/N-ethyl adjacent to an activating group) is 1. The number of urea groups is 1. The molecule has 4 rings (SSSR count). The standard InChI is InChI=1S/C19H24ClN5O4/c1-11-12(20)6-4-7-13(11)23-8-5-9-24-15-16(21-18(23)24)22(2)19(28)25(17(15)27)10-14(26)29-3/h4,6-7,15-16,18,21H,5,8-10H2,1-3H3. The van der Waals surface area contributed by atoms with Gasteiger partial charge in [-0.05, 0) is 31.0 Å². The second-order valence-electron chi connectivity index (χ2n) is 7.49. The van der Waals surface area contributed by atoms with E-state index in [1.807, 2.05) is 25.1 Å². The second kappa shape index (κ2) is 7.47. The van der Waals surface area contributed by atoms with Crippen molar-refractivity contribution in [2.75, 3.05) is 38.7 Å². The summed E-state index contributed by atoms with van der Waals surface area (Å²) in [7, 11) is 2.87. The lowest BCUT2D eigenvalue weighted by Gasteiger charge is -2.44. The van der Waals surface area contributed by atoms with E-state index < -0.39 is 30.8 Å². The Hall–Kier alpha value is -2.36. The Balaban J connectivity index is 1.66. The van der Waals surface area contributed by atoms with E-state index in [0.29, 0.717) is 11.6 Å². The van der Waals surface area contributed by atoms with Gasteiger partial charge in [-0.15, -0.1) is 0 Å². The summed E-state index contributed by atoms with van der Waals surface area (Å²) in [6.45, 7) is 3.08. The SMILES string of the molecule is COC(=O)CN1C(=O)C2C(NC3N(c4cccc(Cl)c4C)CCCN23)N(C)C1=O. The number of ether oxygens (including phenoxy) is 1. The van der Waals surface area contributed by atoms with Gasteiger partial charge in [-0.3, -0.25) is 24.7 Å². The number of amides is 3. The van der Waals surface area contributed by atoms with Gasteiger partial charge in [0.15, 0.2) is 0 Å². The maximum absolute atomic E-state index is 13.2. The summed E-state index contributed by atoms with van der Waals surface area (Å²) in [5, 5.41) is 4.12. The smallest absolute Gasteiger partial charge is 0.328 e. The number of carbonyl (C=O) groups is 3. The summed E-state index contributed by atoms with van der Waals surface area (Å²) >= 11 is 6.33. The molecule has 1 aromatic carbocycles. The highest BCUT2D eigenvalue weighted by Crippen LogP contribution is 2.35. The van der Waals surface area contributed by atoms with Crippen LogP contribution in [0.15, 0.2) is 18.2 Å². The minimum absolute atomic E-state index is 0.256. The first-order chi connectivity index (χ1) is 13.8. The first-order valence-electron chi connectivity index (χ1n) is 9.53. The first-order valence-corrected chi connectivity index (χ1v) is 9.91. The Morgan fingerprint density at radius 3 is 2.79 bits per heavy atom. The predicted octanol–water partition coefficient (Wildman–Crippen LogP) is 0.809. The summed E-state index contributed by atoms with van der Waals surface area (Å²) < 4.78 is 4.65. The fourth-order valence-corrected chi connectivity index (χ4v) is 4.58. The van der Waals surface area contributed by atoms with Gasteiger partial charge < -0.3 is 14.5 Å². The van der Waals surface area contributed by atoms with Crippen LogP contribution in [-0.4, -0.2) is 84.9 Å². The van der Waals surface area contributed by atoms with E-state index in [1.54, 1.807) is 7.05 Å². The molecule has 3 saturated heterocycles. The number of anilines is 1. The number of nitrogens with zero attached hydrogens (tertiary/aromatic N) is 4. The molecule has 10 heteroatoms. The molecule has 3 fully saturated rings. The average molecular weight is 422 g/mol. The van der Waals surface area contributed by atoms with E-state index in [9.17, 15) is 14.4 Å². The Kier molecular flexibility index (Phi) is 5.14. The van der Waals surface area contributed by atoms with Crippen molar-refractivity contribution in [1.29, 1.82) is 0 Å². The number of fused-ring (bicyclic) bond motifs is 3. The van der Waals surface area contributed by atoms with E-state index in [0.717, 1.165) is 29.1 Å². The van der Waals surface area contributed by atoms with Gasteiger partial charge in [0.05, 0.1) is 7.11 Å². The van der Waals surface area contributed by atoms with Crippen LogP contribution in [0.5, 0.6) is 0 Å². The number of carbonyl (C=O) groups excluding carboxylic acids is 3. The maximum Gasteiger partial charge on any atom is 0.328 e. The molecule has 0 saturated carbocycles. The normalized spacial score (nSPS) is 27.2. The van der Waals surface area contributed by atoms with E-state index in [-0.39, 0.29) is 12.2 Å². The molecule has 0 aromatic heterocycles. The Bertz CT molecular complexity index is 865. The third-order valence-corrected chi connectivity index (χ3v) is 6.34. The van der Waals surface area contributed by atoms with Crippen molar-refractivity contribution in [2.24, 2.45) is 0 Å². The molecule has 3 unspecified atom stereocenters. The van der Waals surface area contributed by atoms with Crippen molar-refractivity contribution in [3.05, 3.63) is 28.8 Å². The lowest BCUT2D eigenvalue weighted by molar-refractivity contribution is -0.149. The van der Waals surface area contributed by atoms with Gasteiger partial charge in [0.2, 0.25) is 0 Å². The highest BCUT2D eigenvalue weighted by Gasteiger charge is 2.56. The summed E-state index contributed by atoms with van der Waals surface area (Å²) in [6, 6.07) is 4.68. The van der Waals surface area contributed by atoms with Crippen LogP contribution in [0.2, 0.25) is 5.02 Å². The molecule has 0 radical (unpaired) electrons. The van der Waals surface area contributed by atoms with Crippen molar-refractivity contribution in [1.82, 2.24) is 20.0 Å². The maximum atomic E-state index is 13.2. The fourth-order valence-electron chi connectivity index (χ4n) is 4.41. The molecular formula is C19H24ClN5O4. The quantitative estimate of drug-likeness (QED) is 0.723. The fraction of sp³-hybridized carbons (Fsp3) is 0.526. The lowest BCUT2D eigenvalue weighted by Crippen LogP contribution is -2.67. The summed E-state index contributed by atoms with van der Waals surface area (Å²) in [5.41, 5.74) is 1.96. The van der Waals surface area contributed by atoms with E-state index in [2.05, 4.69) is 19.9 Å². The van der Waals surface area contributed by atoms with Crippen LogP contribution in [0.3, 0.4) is 0 Å². The predicted molar refractivity (Wildman–Crippen MR) is 106 cm³/mol. The number of benzene rings is 1. The van der Waals surface area contributed by atoms with Crippen molar-refractivity contribution in [2.45, 2.75) is 31.8 Å². The topological polar surface area (TPSA) is 85.4 Å². The van der Waals surface area contributed by atoms with Crippen LogP contribution in [0.25, 0.3) is 0 Å². The molecule has 3 heterocycles. The number of nitrogens with one attached hydrogen (secondary N) is 1. The highest BCUT2D eigenvalue weighted by atomic mass is 35.5. The van der Waals surface area contributed by atoms with Gasteiger partial charge in [-0.1, -0.05) is 17.7 Å². The van der Waals surface area contributed by atoms with Crippen LogP contribution in [0, 0.1) is 6.92 Å². The van der Waals surface area contributed by atoms with Crippen LogP contribution < -0.4 is 10.2 Å². The van der Waals surface area contributed by atoms with Crippen LogP contribution in [0.4, 0.5) is 10.5 Å². The van der Waals surface area contributed by atoms with Gasteiger partial charge in [0.25, 0.3) is 5.91 Å². The molecule has 1 aromatic rings.